The number of carbonyl (C=O) groups is 3. The zero-order valence-corrected chi connectivity index (χ0v) is 18.4. The van der Waals surface area contributed by atoms with E-state index in [0.717, 1.165) is 25.7 Å². The topological polar surface area (TPSA) is 90.9 Å². The second-order valence-electron chi connectivity index (χ2n) is 7.08. The summed E-state index contributed by atoms with van der Waals surface area (Å²) in [6.07, 6.45) is 3.66. The molecule has 31 heavy (non-hydrogen) atoms. The van der Waals surface area contributed by atoms with Crippen LogP contribution in [-0.4, -0.2) is 32.1 Å². The Labute approximate surface area is 182 Å². The van der Waals surface area contributed by atoms with Gasteiger partial charge in [0.1, 0.15) is 11.5 Å². The number of ether oxygens (including phenoxy) is 3. The molecule has 7 heteroatoms. The number of anilines is 1. The summed E-state index contributed by atoms with van der Waals surface area (Å²) in [5.74, 6) is -0.405. The highest BCUT2D eigenvalue weighted by Gasteiger charge is 2.20. The molecule has 0 bridgehead atoms. The first kappa shape index (κ1) is 23.9. The van der Waals surface area contributed by atoms with Gasteiger partial charge in [-0.15, -0.1) is 0 Å². The molecule has 0 aromatic heterocycles. The predicted molar refractivity (Wildman–Crippen MR) is 118 cm³/mol. The molecule has 0 fully saturated rings. The third-order valence-corrected chi connectivity index (χ3v) is 4.80. The van der Waals surface area contributed by atoms with Crippen LogP contribution in [0.25, 0.3) is 0 Å². The Morgan fingerprint density at radius 3 is 1.90 bits per heavy atom. The van der Waals surface area contributed by atoms with Gasteiger partial charge in [-0.05, 0) is 55.3 Å². The maximum atomic E-state index is 12.5. The lowest BCUT2D eigenvalue weighted by Crippen LogP contribution is -2.22. The molecule has 0 saturated heterocycles. The Bertz CT molecular complexity index is 901. The first-order valence-electron chi connectivity index (χ1n) is 10.3. The van der Waals surface area contributed by atoms with E-state index in [-0.39, 0.29) is 23.0 Å². The van der Waals surface area contributed by atoms with Crippen LogP contribution < -0.4 is 10.1 Å². The number of nitrogens with one attached hydrogen (secondary N) is 1. The summed E-state index contributed by atoms with van der Waals surface area (Å²) in [6, 6.07) is 11.4. The molecule has 2 aromatic rings. The summed E-state index contributed by atoms with van der Waals surface area (Å²) in [5.41, 5.74) is 0.827. The van der Waals surface area contributed by atoms with Crippen molar-refractivity contribution in [2.24, 2.45) is 5.92 Å². The van der Waals surface area contributed by atoms with Crippen LogP contribution in [0.3, 0.4) is 0 Å². The predicted octanol–water partition coefficient (Wildman–Crippen LogP) is 5.21. The third kappa shape index (κ3) is 6.57. The minimum atomic E-state index is -0.669. The molecule has 1 N–H and O–H groups in total. The number of carbonyl (C=O) groups excluding carboxylic acids is 3. The van der Waals surface area contributed by atoms with Gasteiger partial charge in [0.25, 0.3) is 0 Å². The highest BCUT2D eigenvalue weighted by Crippen LogP contribution is 2.27. The molecule has 0 radical (unpaired) electrons. The molecule has 166 valence electrons. The summed E-state index contributed by atoms with van der Waals surface area (Å²) in [5, 5.41) is 2.95. The normalized spacial score (nSPS) is 10.5. The molecule has 2 rings (SSSR count). The largest absolute Gasteiger partial charge is 0.465 e. The Hall–Kier alpha value is -3.35. The van der Waals surface area contributed by atoms with Crippen molar-refractivity contribution in [1.82, 2.24) is 0 Å². The zero-order chi connectivity index (χ0) is 22.8. The van der Waals surface area contributed by atoms with Crippen molar-refractivity contribution in [3.8, 4) is 11.5 Å². The lowest BCUT2D eigenvalue weighted by atomic mass is 9.97. The fourth-order valence-electron chi connectivity index (χ4n) is 3.24. The summed E-state index contributed by atoms with van der Waals surface area (Å²) in [4.78, 5) is 36.4. The Morgan fingerprint density at radius 1 is 0.806 bits per heavy atom. The van der Waals surface area contributed by atoms with Crippen LogP contribution in [0.1, 0.15) is 60.2 Å². The van der Waals surface area contributed by atoms with Gasteiger partial charge in [0, 0.05) is 11.6 Å². The van der Waals surface area contributed by atoms with Crippen molar-refractivity contribution >= 4 is 23.5 Å². The van der Waals surface area contributed by atoms with Gasteiger partial charge >= 0.3 is 11.9 Å². The maximum absolute atomic E-state index is 12.5. The molecular formula is C24H29NO6. The van der Waals surface area contributed by atoms with Crippen molar-refractivity contribution in [2.45, 2.75) is 39.5 Å². The van der Waals surface area contributed by atoms with Gasteiger partial charge in [0.2, 0.25) is 5.91 Å². The quantitative estimate of drug-likeness (QED) is 0.524. The van der Waals surface area contributed by atoms with E-state index in [2.05, 4.69) is 19.2 Å². The SMILES string of the molecule is CCCC(CCC)C(=O)Nc1ccc(Oc2ccc(C(=O)OC)c(C(=O)OC)c2)cc1. The first-order chi connectivity index (χ1) is 14.9. The number of methoxy groups -OCH3 is 2. The average molecular weight is 427 g/mol. The van der Waals surface area contributed by atoms with Gasteiger partial charge in [-0.1, -0.05) is 26.7 Å². The van der Waals surface area contributed by atoms with E-state index in [4.69, 9.17) is 14.2 Å². The molecule has 0 heterocycles. The van der Waals surface area contributed by atoms with Crippen LogP contribution in [-0.2, 0) is 14.3 Å². The standard InChI is InChI=1S/C24H29NO6/c1-5-7-16(8-6-2)22(26)25-17-9-11-18(12-10-17)31-19-13-14-20(23(27)29-3)21(15-19)24(28)30-4/h9-16H,5-8H2,1-4H3,(H,25,26). The Morgan fingerprint density at radius 2 is 1.35 bits per heavy atom. The van der Waals surface area contributed by atoms with Crippen LogP contribution in [0.2, 0.25) is 0 Å². The van der Waals surface area contributed by atoms with Gasteiger partial charge in [0.05, 0.1) is 25.3 Å². The van der Waals surface area contributed by atoms with Crippen LogP contribution in [0.4, 0.5) is 5.69 Å². The van der Waals surface area contributed by atoms with Crippen molar-refractivity contribution in [3.63, 3.8) is 0 Å². The van der Waals surface area contributed by atoms with E-state index in [1.165, 1.54) is 26.4 Å². The fraction of sp³-hybridized carbons (Fsp3) is 0.375. The highest BCUT2D eigenvalue weighted by atomic mass is 16.5. The van der Waals surface area contributed by atoms with Crippen LogP contribution >= 0.6 is 0 Å². The molecule has 0 aliphatic carbocycles. The molecule has 2 aromatic carbocycles. The summed E-state index contributed by atoms with van der Waals surface area (Å²) in [7, 11) is 2.47. The van der Waals surface area contributed by atoms with E-state index in [0.29, 0.717) is 17.2 Å². The molecular weight excluding hydrogens is 398 g/mol. The van der Waals surface area contributed by atoms with Gasteiger partial charge in [-0.2, -0.15) is 0 Å². The number of benzene rings is 2. The molecule has 0 spiro atoms. The minimum Gasteiger partial charge on any atom is -0.465 e. The molecule has 0 unspecified atom stereocenters. The van der Waals surface area contributed by atoms with Crippen LogP contribution in [0.5, 0.6) is 11.5 Å². The number of hydrogen-bond donors (Lipinski definition) is 1. The van der Waals surface area contributed by atoms with E-state index in [1.807, 2.05) is 0 Å². The molecule has 0 atom stereocenters. The van der Waals surface area contributed by atoms with Gasteiger partial charge in [0.15, 0.2) is 0 Å². The van der Waals surface area contributed by atoms with E-state index < -0.39 is 11.9 Å². The van der Waals surface area contributed by atoms with Crippen LogP contribution in [0, 0.1) is 5.92 Å². The number of amides is 1. The Balaban J connectivity index is 2.13. The summed E-state index contributed by atoms with van der Waals surface area (Å²) >= 11 is 0. The van der Waals surface area contributed by atoms with Crippen molar-refractivity contribution < 1.29 is 28.6 Å². The van der Waals surface area contributed by atoms with Crippen molar-refractivity contribution in [3.05, 3.63) is 53.6 Å². The molecule has 1 amide bonds. The number of rotatable bonds is 10. The highest BCUT2D eigenvalue weighted by molar-refractivity contribution is 6.03. The minimum absolute atomic E-state index is 0.0102. The van der Waals surface area contributed by atoms with Crippen molar-refractivity contribution in [2.75, 3.05) is 19.5 Å². The van der Waals surface area contributed by atoms with Gasteiger partial charge < -0.3 is 19.5 Å². The lowest BCUT2D eigenvalue weighted by molar-refractivity contribution is -0.120. The van der Waals surface area contributed by atoms with Crippen molar-refractivity contribution in [1.29, 1.82) is 0 Å². The van der Waals surface area contributed by atoms with E-state index in [9.17, 15) is 14.4 Å². The number of esters is 2. The molecule has 7 nitrogen and oxygen atoms in total. The third-order valence-electron chi connectivity index (χ3n) is 4.80. The maximum Gasteiger partial charge on any atom is 0.338 e. The average Bonchev–Trinajstić information content (AvgIpc) is 2.79. The molecule has 0 aliphatic heterocycles. The van der Waals surface area contributed by atoms with E-state index >= 15 is 0 Å². The second-order valence-corrected chi connectivity index (χ2v) is 7.08. The fourth-order valence-corrected chi connectivity index (χ4v) is 3.24. The first-order valence-corrected chi connectivity index (χ1v) is 10.3. The number of hydrogen-bond acceptors (Lipinski definition) is 6. The smallest absolute Gasteiger partial charge is 0.338 e. The monoisotopic (exact) mass is 427 g/mol. The second kappa shape index (κ2) is 11.7. The summed E-state index contributed by atoms with van der Waals surface area (Å²) < 4.78 is 15.2. The van der Waals surface area contributed by atoms with Gasteiger partial charge in [-0.3, -0.25) is 4.79 Å². The van der Waals surface area contributed by atoms with E-state index in [1.54, 1.807) is 30.3 Å². The van der Waals surface area contributed by atoms with Crippen LogP contribution in [0.15, 0.2) is 42.5 Å². The molecule has 0 saturated carbocycles. The van der Waals surface area contributed by atoms with Gasteiger partial charge in [-0.25, -0.2) is 9.59 Å². The Kier molecular flexibility index (Phi) is 9.06. The zero-order valence-electron chi connectivity index (χ0n) is 18.4. The lowest BCUT2D eigenvalue weighted by Gasteiger charge is -2.15. The summed E-state index contributed by atoms with van der Waals surface area (Å²) in [6.45, 7) is 4.15. The molecule has 0 aliphatic rings.